The summed E-state index contributed by atoms with van der Waals surface area (Å²) in [4.78, 5) is 19.9. The molecule has 31 heavy (non-hydrogen) atoms. The number of rotatable bonds is 5. The van der Waals surface area contributed by atoms with Gasteiger partial charge >= 0.3 is 0 Å². The third kappa shape index (κ3) is 3.39. The van der Waals surface area contributed by atoms with Crippen molar-refractivity contribution in [2.45, 2.75) is 20.4 Å². The van der Waals surface area contributed by atoms with Gasteiger partial charge in [0.15, 0.2) is 17.3 Å². The van der Waals surface area contributed by atoms with E-state index < -0.39 is 0 Å². The molecule has 8 heteroatoms. The van der Waals surface area contributed by atoms with Crippen molar-refractivity contribution in [2.75, 3.05) is 19.8 Å². The first-order valence-electron chi connectivity index (χ1n) is 10.1. The Labute approximate surface area is 178 Å². The highest BCUT2D eigenvalue weighted by Crippen LogP contribution is 2.35. The molecule has 1 amide bonds. The smallest absolute Gasteiger partial charge is 0.259 e. The van der Waals surface area contributed by atoms with Gasteiger partial charge in [0.25, 0.3) is 11.6 Å². The van der Waals surface area contributed by atoms with Crippen LogP contribution in [0.3, 0.4) is 0 Å². The molecular weight excluding hydrogens is 398 g/mol. The van der Waals surface area contributed by atoms with E-state index >= 15 is 0 Å². The second kappa shape index (κ2) is 7.79. The van der Waals surface area contributed by atoms with Crippen LogP contribution in [0.5, 0.6) is 11.5 Å². The third-order valence-electron chi connectivity index (χ3n) is 5.30. The molecule has 0 fully saturated rings. The average molecular weight is 419 g/mol. The van der Waals surface area contributed by atoms with Gasteiger partial charge in [0.05, 0.1) is 22.9 Å². The van der Waals surface area contributed by atoms with Crippen molar-refractivity contribution >= 4 is 17.0 Å². The lowest BCUT2D eigenvalue weighted by Crippen LogP contribution is -2.31. The van der Waals surface area contributed by atoms with E-state index in [1.165, 1.54) is 0 Å². The van der Waals surface area contributed by atoms with E-state index in [9.17, 15) is 4.79 Å². The van der Waals surface area contributed by atoms with Gasteiger partial charge in [0.2, 0.25) is 0 Å². The number of amides is 1. The molecule has 0 radical (unpaired) electrons. The lowest BCUT2D eigenvalue weighted by Gasteiger charge is -2.25. The van der Waals surface area contributed by atoms with Crippen LogP contribution in [-0.4, -0.2) is 40.7 Å². The maximum absolute atomic E-state index is 13.7. The number of aryl methyl sites for hydroxylation is 1. The van der Waals surface area contributed by atoms with Gasteiger partial charge in [-0.05, 0) is 38.1 Å². The number of hydrogen-bond donors (Lipinski definition) is 0. The molecule has 0 unspecified atom stereocenters. The first-order chi connectivity index (χ1) is 15.2. The summed E-state index contributed by atoms with van der Waals surface area (Å²) in [6, 6.07) is 11.0. The summed E-state index contributed by atoms with van der Waals surface area (Å²) in [6.45, 7) is 5.63. The number of fused-ring (bicyclic) bond motifs is 2. The molecule has 0 saturated heterocycles. The molecule has 3 aromatic heterocycles. The molecule has 1 aliphatic heterocycles. The Morgan fingerprint density at radius 2 is 2.03 bits per heavy atom. The van der Waals surface area contributed by atoms with Crippen LogP contribution >= 0.6 is 0 Å². The number of benzene rings is 1. The van der Waals surface area contributed by atoms with Crippen LogP contribution in [0.15, 0.2) is 51.6 Å². The highest BCUT2D eigenvalue weighted by Gasteiger charge is 2.25. The Morgan fingerprint density at radius 3 is 2.84 bits per heavy atom. The van der Waals surface area contributed by atoms with Crippen molar-refractivity contribution in [3.8, 4) is 23.0 Å². The Balaban J connectivity index is 1.55. The summed E-state index contributed by atoms with van der Waals surface area (Å²) in [7, 11) is 0. The second-order valence-electron chi connectivity index (χ2n) is 7.24. The van der Waals surface area contributed by atoms with Crippen LogP contribution in [0.4, 0.5) is 0 Å². The predicted molar refractivity (Wildman–Crippen MR) is 112 cm³/mol. The first kappa shape index (κ1) is 19.2. The molecule has 0 saturated carbocycles. The Kier molecular flexibility index (Phi) is 4.82. The SMILES string of the molecule is CCN(Cc1cccc2c1OCCO2)C(=O)c1cc(-c2ccco2)nc2onc(C)c12. The Hall–Kier alpha value is -3.81. The quantitative estimate of drug-likeness (QED) is 0.478. The molecule has 1 aromatic carbocycles. The fraction of sp³-hybridized carbons (Fsp3) is 0.261. The molecule has 4 aromatic rings. The van der Waals surface area contributed by atoms with Crippen molar-refractivity contribution in [1.29, 1.82) is 0 Å². The van der Waals surface area contributed by atoms with Crippen LogP contribution in [-0.2, 0) is 6.54 Å². The first-order valence-corrected chi connectivity index (χ1v) is 10.1. The number of pyridine rings is 1. The van der Waals surface area contributed by atoms with Gasteiger partial charge in [-0.3, -0.25) is 4.79 Å². The van der Waals surface area contributed by atoms with Crippen LogP contribution in [0, 0.1) is 6.92 Å². The molecule has 0 spiro atoms. The lowest BCUT2D eigenvalue weighted by atomic mass is 10.1. The van der Waals surface area contributed by atoms with Gasteiger partial charge in [0.1, 0.15) is 18.9 Å². The van der Waals surface area contributed by atoms with Crippen LogP contribution in [0.1, 0.15) is 28.5 Å². The largest absolute Gasteiger partial charge is 0.486 e. The minimum atomic E-state index is -0.150. The van der Waals surface area contributed by atoms with Crippen molar-refractivity contribution in [2.24, 2.45) is 0 Å². The molecule has 158 valence electrons. The standard InChI is InChI=1S/C23H21N3O5/c1-3-26(13-15-6-4-7-19-21(15)30-11-10-29-19)23(27)16-12-17(18-8-5-9-28-18)24-22-20(16)14(2)25-31-22/h4-9,12H,3,10-11,13H2,1-2H3. The number of nitrogens with zero attached hydrogens (tertiary/aromatic N) is 3. The molecule has 0 N–H and O–H groups in total. The average Bonchev–Trinajstić information content (AvgIpc) is 3.47. The van der Waals surface area contributed by atoms with E-state index in [2.05, 4.69) is 10.1 Å². The molecule has 5 rings (SSSR count). The number of ether oxygens (including phenoxy) is 2. The van der Waals surface area contributed by atoms with Gasteiger partial charge in [-0.2, -0.15) is 0 Å². The zero-order valence-corrected chi connectivity index (χ0v) is 17.3. The minimum absolute atomic E-state index is 0.150. The Bertz CT molecular complexity index is 1250. The van der Waals surface area contributed by atoms with E-state index in [1.807, 2.05) is 25.1 Å². The molecule has 0 aliphatic carbocycles. The third-order valence-corrected chi connectivity index (χ3v) is 5.30. The van der Waals surface area contributed by atoms with E-state index in [4.69, 9.17) is 18.4 Å². The van der Waals surface area contributed by atoms with Gasteiger partial charge in [-0.15, -0.1) is 0 Å². The van der Waals surface area contributed by atoms with Gasteiger partial charge < -0.3 is 23.3 Å². The number of carbonyl (C=O) groups is 1. The van der Waals surface area contributed by atoms with Crippen molar-refractivity contribution in [3.05, 3.63) is 59.5 Å². The molecule has 0 bridgehead atoms. The van der Waals surface area contributed by atoms with E-state index in [1.54, 1.807) is 36.3 Å². The zero-order chi connectivity index (χ0) is 21.4. The maximum Gasteiger partial charge on any atom is 0.259 e. The molecule has 8 nitrogen and oxygen atoms in total. The summed E-state index contributed by atoms with van der Waals surface area (Å²) in [5, 5.41) is 4.62. The highest BCUT2D eigenvalue weighted by atomic mass is 16.6. The van der Waals surface area contributed by atoms with Crippen LogP contribution in [0.25, 0.3) is 22.6 Å². The fourth-order valence-corrected chi connectivity index (χ4v) is 3.78. The predicted octanol–water partition coefficient (Wildman–Crippen LogP) is 4.22. The van der Waals surface area contributed by atoms with Crippen molar-refractivity contribution < 1.29 is 23.2 Å². The monoisotopic (exact) mass is 419 g/mol. The summed E-state index contributed by atoms with van der Waals surface area (Å²) in [5.74, 6) is 1.80. The molecule has 1 aliphatic rings. The Morgan fingerprint density at radius 1 is 1.16 bits per heavy atom. The van der Waals surface area contributed by atoms with E-state index in [0.29, 0.717) is 71.6 Å². The number of para-hydroxylation sites is 1. The van der Waals surface area contributed by atoms with Crippen molar-refractivity contribution in [3.63, 3.8) is 0 Å². The molecular formula is C23H21N3O5. The fourth-order valence-electron chi connectivity index (χ4n) is 3.78. The normalized spacial score (nSPS) is 12.8. The van der Waals surface area contributed by atoms with Gasteiger partial charge in [-0.25, -0.2) is 4.98 Å². The van der Waals surface area contributed by atoms with Gasteiger partial charge in [-0.1, -0.05) is 17.3 Å². The number of aromatic nitrogens is 2. The topological polar surface area (TPSA) is 90.8 Å². The number of furan rings is 1. The van der Waals surface area contributed by atoms with E-state index in [-0.39, 0.29) is 5.91 Å². The summed E-state index contributed by atoms with van der Waals surface area (Å²) in [5.41, 5.74) is 2.80. The number of hydrogen-bond acceptors (Lipinski definition) is 7. The summed E-state index contributed by atoms with van der Waals surface area (Å²) in [6.07, 6.45) is 1.56. The maximum atomic E-state index is 13.7. The van der Waals surface area contributed by atoms with Crippen LogP contribution < -0.4 is 9.47 Å². The summed E-state index contributed by atoms with van der Waals surface area (Å²) < 4.78 is 22.3. The molecule has 4 heterocycles. The highest BCUT2D eigenvalue weighted by molar-refractivity contribution is 6.06. The van der Waals surface area contributed by atoms with Crippen LogP contribution in [0.2, 0.25) is 0 Å². The zero-order valence-electron chi connectivity index (χ0n) is 17.3. The minimum Gasteiger partial charge on any atom is -0.486 e. The van der Waals surface area contributed by atoms with Crippen molar-refractivity contribution in [1.82, 2.24) is 15.0 Å². The number of carbonyl (C=O) groups excluding carboxylic acids is 1. The summed E-state index contributed by atoms with van der Waals surface area (Å²) >= 11 is 0. The van der Waals surface area contributed by atoms with E-state index in [0.717, 1.165) is 5.56 Å². The molecule has 0 atom stereocenters. The lowest BCUT2D eigenvalue weighted by molar-refractivity contribution is 0.0751. The second-order valence-corrected chi connectivity index (χ2v) is 7.24. The van der Waals surface area contributed by atoms with Gasteiger partial charge in [0, 0.05) is 18.7 Å².